The lowest BCUT2D eigenvalue weighted by molar-refractivity contribution is -0.143. The molecule has 23 heavy (non-hydrogen) atoms. The first kappa shape index (κ1) is 19.3. The summed E-state index contributed by atoms with van der Waals surface area (Å²) in [5.74, 6) is -0.636. The van der Waals surface area contributed by atoms with Crippen LogP contribution in [0.5, 0.6) is 0 Å². The molecule has 0 spiro atoms. The molecule has 6 nitrogen and oxygen atoms in total. The number of nitrogens with one attached hydrogen (secondary N) is 2. The van der Waals surface area contributed by atoms with Crippen LogP contribution >= 0.6 is 11.3 Å². The number of halogens is 2. The number of hydrogen-bond acceptors (Lipinski definition) is 5. The SMILES string of the molecule is CC(C)(C)OC(=O)N[C@H](COC(F)F)C(=O)NCc1ccsc1. The quantitative estimate of drug-likeness (QED) is 0.792. The average Bonchev–Trinajstić information content (AvgIpc) is 2.91. The van der Waals surface area contributed by atoms with Crippen LogP contribution in [0.25, 0.3) is 0 Å². The summed E-state index contributed by atoms with van der Waals surface area (Å²) in [4.78, 5) is 23.7. The van der Waals surface area contributed by atoms with Crippen LogP contribution in [0.1, 0.15) is 26.3 Å². The van der Waals surface area contributed by atoms with Gasteiger partial charge in [0, 0.05) is 6.54 Å². The van der Waals surface area contributed by atoms with Gasteiger partial charge in [-0.25, -0.2) is 4.79 Å². The maximum absolute atomic E-state index is 12.2. The van der Waals surface area contributed by atoms with Crippen LogP contribution < -0.4 is 10.6 Å². The summed E-state index contributed by atoms with van der Waals surface area (Å²) in [7, 11) is 0. The van der Waals surface area contributed by atoms with Gasteiger partial charge < -0.3 is 20.1 Å². The molecule has 0 aromatic carbocycles. The Balaban J connectivity index is 2.59. The third kappa shape index (κ3) is 8.46. The monoisotopic (exact) mass is 350 g/mol. The van der Waals surface area contributed by atoms with E-state index in [9.17, 15) is 18.4 Å². The standard InChI is InChI=1S/C14H20F2N2O4S/c1-14(2,3)22-13(20)18-10(7-21-12(15)16)11(19)17-6-9-4-5-23-8-9/h4-5,8,10,12H,6-7H2,1-3H3,(H,17,19)(H,18,20)/t10-/m1/s1. The molecule has 0 aliphatic carbocycles. The molecule has 0 radical (unpaired) electrons. The van der Waals surface area contributed by atoms with E-state index < -0.39 is 36.9 Å². The molecule has 0 saturated heterocycles. The van der Waals surface area contributed by atoms with Gasteiger partial charge in [-0.2, -0.15) is 20.1 Å². The van der Waals surface area contributed by atoms with Gasteiger partial charge in [0.1, 0.15) is 11.6 Å². The summed E-state index contributed by atoms with van der Waals surface area (Å²) >= 11 is 1.47. The number of rotatable bonds is 7. The smallest absolute Gasteiger partial charge is 0.408 e. The number of carbonyl (C=O) groups is 2. The van der Waals surface area contributed by atoms with E-state index in [2.05, 4.69) is 15.4 Å². The second-order valence-electron chi connectivity index (χ2n) is 5.64. The lowest BCUT2D eigenvalue weighted by atomic mass is 10.2. The number of thiophene rings is 1. The molecule has 1 rings (SSSR count). The summed E-state index contributed by atoms with van der Waals surface area (Å²) in [5, 5.41) is 8.46. The summed E-state index contributed by atoms with van der Waals surface area (Å²) in [6.07, 6.45) is -0.883. The molecule has 2 amide bonds. The predicted octanol–water partition coefficient (Wildman–Crippen LogP) is 2.50. The fraction of sp³-hybridized carbons (Fsp3) is 0.571. The van der Waals surface area contributed by atoms with Gasteiger partial charge in [-0.05, 0) is 43.2 Å². The first-order chi connectivity index (χ1) is 10.7. The van der Waals surface area contributed by atoms with Crippen molar-refractivity contribution in [3.63, 3.8) is 0 Å². The van der Waals surface area contributed by atoms with Crippen LogP contribution in [0.2, 0.25) is 0 Å². The first-order valence-corrected chi connectivity index (χ1v) is 7.79. The second-order valence-corrected chi connectivity index (χ2v) is 6.42. The molecule has 1 aromatic rings. The van der Waals surface area contributed by atoms with Crippen molar-refractivity contribution in [2.75, 3.05) is 6.61 Å². The van der Waals surface area contributed by atoms with E-state index in [4.69, 9.17) is 4.74 Å². The third-order valence-electron chi connectivity index (χ3n) is 2.44. The highest BCUT2D eigenvalue weighted by Crippen LogP contribution is 2.08. The van der Waals surface area contributed by atoms with Gasteiger partial charge in [-0.15, -0.1) is 0 Å². The summed E-state index contributed by atoms with van der Waals surface area (Å²) in [5.41, 5.74) is 0.0971. The minimum absolute atomic E-state index is 0.226. The highest BCUT2D eigenvalue weighted by Gasteiger charge is 2.25. The summed E-state index contributed by atoms with van der Waals surface area (Å²) in [6.45, 7) is 1.47. The van der Waals surface area contributed by atoms with Crippen molar-refractivity contribution in [2.24, 2.45) is 0 Å². The van der Waals surface area contributed by atoms with Crippen molar-refractivity contribution in [3.05, 3.63) is 22.4 Å². The zero-order chi connectivity index (χ0) is 17.5. The molecule has 0 aliphatic heterocycles. The zero-order valence-corrected chi connectivity index (χ0v) is 13.9. The maximum Gasteiger partial charge on any atom is 0.408 e. The molecular weight excluding hydrogens is 330 g/mol. The predicted molar refractivity (Wildman–Crippen MR) is 81.3 cm³/mol. The highest BCUT2D eigenvalue weighted by atomic mass is 32.1. The van der Waals surface area contributed by atoms with Crippen LogP contribution in [-0.2, 0) is 20.8 Å². The number of carbonyl (C=O) groups excluding carboxylic acids is 2. The Morgan fingerprint density at radius 2 is 2.04 bits per heavy atom. The fourth-order valence-electron chi connectivity index (χ4n) is 1.51. The lowest BCUT2D eigenvalue weighted by Gasteiger charge is -2.23. The van der Waals surface area contributed by atoms with Crippen molar-refractivity contribution in [1.29, 1.82) is 0 Å². The molecule has 0 bridgehead atoms. The van der Waals surface area contributed by atoms with Crippen molar-refractivity contribution in [2.45, 2.75) is 45.6 Å². The minimum atomic E-state index is -3.04. The molecular formula is C14H20F2N2O4S. The molecule has 9 heteroatoms. The average molecular weight is 350 g/mol. The Hall–Kier alpha value is -1.74. The minimum Gasteiger partial charge on any atom is -0.444 e. The number of alkyl halides is 2. The number of amides is 2. The van der Waals surface area contributed by atoms with Gasteiger partial charge in [0.05, 0.1) is 6.61 Å². The Morgan fingerprint density at radius 3 is 2.57 bits per heavy atom. The van der Waals surface area contributed by atoms with Crippen molar-refractivity contribution < 1.29 is 27.8 Å². The van der Waals surface area contributed by atoms with Gasteiger partial charge in [0.15, 0.2) is 0 Å². The van der Waals surface area contributed by atoms with E-state index >= 15 is 0 Å². The molecule has 1 aromatic heterocycles. The number of hydrogen-bond donors (Lipinski definition) is 2. The highest BCUT2D eigenvalue weighted by molar-refractivity contribution is 7.07. The molecule has 0 aliphatic rings. The van der Waals surface area contributed by atoms with E-state index in [-0.39, 0.29) is 6.54 Å². The zero-order valence-electron chi connectivity index (χ0n) is 13.1. The van der Waals surface area contributed by atoms with Crippen LogP contribution in [0.4, 0.5) is 13.6 Å². The van der Waals surface area contributed by atoms with E-state index in [1.54, 1.807) is 20.8 Å². The Morgan fingerprint density at radius 1 is 1.35 bits per heavy atom. The van der Waals surface area contributed by atoms with Gasteiger partial charge in [0.2, 0.25) is 5.91 Å². The molecule has 0 saturated carbocycles. The van der Waals surface area contributed by atoms with E-state index in [1.165, 1.54) is 11.3 Å². The topological polar surface area (TPSA) is 76.7 Å². The maximum atomic E-state index is 12.2. The van der Waals surface area contributed by atoms with Gasteiger partial charge in [0.25, 0.3) is 0 Å². The van der Waals surface area contributed by atoms with Crippen molar-refractivity contribution in [1.82, 2.24) is 10.6 Å². The van der Waals surface area contributed by atoms with E-state index in [0.29, 0.717) is 0 Å². The summed E-state index contributed by atoms with van der Waals surface area (Å²) in [6, 6.07) is 0.536. The third-order valence-corrected chi connectivity index (χ3v) is 3.18. The van der Waals surface area contributed by atoms with Gasteiger partial charge in [-0.1, -0.05) is 0 Å². The fourth-order valence-corrected chi connectivity index (χ4v) is 2.18. The molecule has 0 unspecified atom stereocenters. The molecule has 1 atom stereocenters. The van der Waals surface area contributed by atoms with Crippen molar-refractivity contribution in [3.8, 4) is 0 Å². The number of ether oxygens (including phenoxy) is 2. The summed E-state index contributed by atoms with van der Waals surface area (Å²) < 4.78 is 33.5. The van der Waals surface area contributed by atoms with Gasteiger partial charge in [-0.3, -0.25) is 4.79 Å². The van der Waals surface area contributed by atoms with Crippen LogP contribution in [0.15, 0.2) is 16.8 Å². The molecule has 0 fully saturated rings. The Labute approximate surface area is 137 Å². The van der Waals surface area contributed by atoms with Crippen LogP contribution in [-0.4, -0.2) is 36.9 Å². The van der Waals surface area contributed by atoms with Gasteiger partial charge >= 0.3 is 12.7 Å². The normalized spacial score (nSPS) is 12.8. The molecule has 1 heterocycles. The number of alkyl carbamates (subject to hydrolysis) is 1. The van der Waals surface area contributed by atoms with E-state index in [0.717, 1.165) is 5.56 Å². The lowest BCUT2D eigenvalue weighted by Crippen LogP contribution is -2.50. The van der Waals surface area contributed by atoms with E-state index in [1.807, 2.05) is 16.8 Å². The Kier molecular flexibility index (Phi) is 7.37. The van der Waals surface area contributed by atoms with Crippen molar-refractivity contribution >= 4 is 23.3 Å². The largest absolute Gasteiger partial charge is 0.444 e. The van der Waals surface area contributed by atoms with Crippen LogP contribution in [0.3, 0.4) is 0 Å². The first-order valence-electron chi connectivity index (χ1n) is 6.85. The molecule has 2 N–H and O–H groups in total. The molecule has 130 valence electrons. The Bertz CT molecular complexity index is 503. The second kappa shape index (κ2) is 8.78. The van der Waals surface area contributed by atoms with Crippen LogP contribution in [0, 0.1) is 0 Å².